The number of benzene rings is 8. The number of nitrogens with zero attached hydrogens (tertiary/aromatic N) is 2. The Morgan fingerprint density at radius 2 is 0.902 bits per heavy atom. The van der Waals surface area contributed by atoms with Gasteiger partial charge in [-0.1, -0.05) is 146 Å². The molecule has 0 atom stereocenters. The molecule has 8 aromatic carbocycles. The minimum Gasteiger partial charge on any atom is -0.255 e. The van der Waals surface area contributed by atoms with Gasteiger partial charge >= 0.3 is 0 Å². The summed E-state index contributed by atoms with van der Waals surface area (Å²) in [7, 11) is -3.86. The number of aromatic nitrogens is 2. The van der Waals surface area contributed by atoms with Crippen molar-refractivity contribution in [2.45, 2.75) is 9.79 Å². The summed E-state index contributed by atoms with van der Waals surface area (Å²) in [6.07, 6.45) is 1.94. The first-order valence-corrected chi connectivity index (χ1v) is 18.4. The fourth-order valence-corrected chi connectivity index (χ4v) is 9.54. The van der Waals surface area contributed by atoms with Crippen molar-refractivity contribution in [3.05, 3.63) is 170 Å². The van der Waals surface area contributed by atoms with Gasteiger partial charge in [-0.05, 0) is 50.7 Å². The second-order valence-corrected chi connectivity index (χ2v) is 14.8. The van der Waals surface area contributed by atoms with Gasteiger partial charge in [0.15, 0.2) is 0 Å². The molecular formula is C46H28N2O2S. The van der Waals surface area contributed by atoms with Crippen molar-refractivity contribution in [3.63, 3.8) is 0 Å². The number of hydrogen-bond acceptors (Lipinski definition) is 4. The van der Waals surface area contributed by atoms with Crippen LogP contribution in [0.3, 0.4) is 0 Å². The minimum atomic E-state index is -3.86. The monoisotopic (exact) mass is 672 g/mol. The predicted molar refractivity (Wildman–Crippen MR) is 210 cm³/mol. The van der Waals surface area contributed by atoms with Crippen molar-refractivity contribution in [2.75, 3.05) is 0 Å². The van der Waals surface area contributed by atoms with Gasteiger partial charge in [0.25, 0.3) is 0 Å². The van der Waals surface area contributed by atoms with E-state index in [0.717, 1.165) is 76.5 Å². The Hall–Kier alpha value is -6.43. The summed E-state index contributed by atoms with van der Waals surface area (Å²) in [5.74, 6) is 0. The molecule has 51 heavy (non-hydrogen) atoms. The summed E-state index contributed by atoms with van der Waals surface area (Å²) in [5.41, 5.74) is 5.47. The quantitative estimate of drug-likeness (QED) is 0.138. The zero-order chi connectivity index (χ0) is 34.1. The molecule has 5 heteroatoms. The Morgan fingerprint density at radius 3 is 1.53 bits per heavy atom. The molecule has 0 unspecified atom stereocenters. The largest absolute Gasteiger partial charge is 0.255 e. The van der Waals surface area contributed by atoms with Crippen molar-refractivity contribution in [1.29, 1.82) is 0 Å². The van der Waals surface area contributed by atoms with Gasteiger partial charge in [-0.25, -0.2) is 13.4 Å². The third-order valence-corrected chi connectivity index (χ3v) is 11.9. The molecule has 0 fully saturated rings. The molecule has 0 aliphatic carbocycles. The van der Waals surface area contributed by atoms with Gasteiger partial charge in [0.2, 0.25) is 9.84 Å². The van der Waals surface area contributed by atoms with E-state index < -0.39 is 9.84 Å². The van der Waals surface area contributed by atoms with Gasteiger partial charge in [-0.2, -0.15) is 0 Å². The van der Waals surface area contributed by atoms with Crippen LogP contribution in [0.1, 0.15) is 0 Å². The Morgan fingerprint density at radius 1 is 0.412 bits per heavy atom. The van der Waals surface area contributed by atoms with E-state index >= 15 is 0 Å². The Bertz CT molecular complexity index is 3080. The van der Waals surface area contributed by atoms with Crippen LogP contribution in [0.25, 0.3) is 87.3 Å². The third kappa shape index (κ3) is 4.42. The molecule has 0 aliphatic heterocycles. The van der Waals surface area contributed by atoms with E-state index in [-0.39, 0.29) is 4.90 Å². The van der Waals surface area contributed by atoms with Crippen molar-refractivity contribution < 1.29 is 8.42 Å². The van der Waals surface area contributed by atoms with Crippen molar-refractivity contribution in [2.24, 2.45) is 0 Å². The van der Waals surface area contributed by atoms with E-state index in [4.69, 9.17) is 9.97 Å². The number of hydrogen-bond donors (Lipinski definition) is 0. The van der Waals surface area contributed by atoms with E-state index in [1.807, 2.05) is 79.0 Å². The highest BCUT2D eigenvalue weighted by Crippen LogP contribution is 2.45. The molecule has 4 nitrogen and oxygen atoms in total. The molecule has 0 bridgehead atoms. The van der Waals surface area contributed by atoms with E-state index in [1.54, 1.807) is 24.3 Å². The molecule has 0 spiro atoms. The van der Waals surface area contributed by atoms with Crippen LogP contribution in [0.15, 0.2) is 180 Å². The molecule has 240 valence electrons. The molecule has 0 radical (unpaired) electrons. The third-order valence-electron chi connectivity index (χ3n) is 10.0. The number of sulfone groups is 1. The van der Waals surface area contributed by atoms with E-state index in [2.05, 4.69) is 66.7 Å². The summed E-state index contributed by atoms with van der Waals surface area (Å²) in [5, 5.41) is 9.50. The molecule has 0 amide bonds. The van der Waals surface area contributed by atoms with E-state index in [1.165, 1.54) is 0 Å². The molecule has 10 rings (SSSR count). The van der Waals surface area contributed by atoms with E-state index in [0.29, 0.717) is 15.7 Å². The fourth-order valence-electron chi connectivity index (χ4n) is 7.85. The van der Waals surface area contributed by atoms with Gasteiger partial charge in [0.1, 0.15) is 0 Å². The highest BCUT2D eigenvalue weighted by Gasteiger charge is 2.26. The second-order valence-electron chi connectivity index (χ2n) is 12.9. The summed E-state index contributed by atoms with van der Waals surface area (Å²) in [6, 6.07) is 53.7. The smallest absolute Gasteiger partial charge is 0.207 e. The van der Waals surface area contributed by atoms with Gasteiger partial charge < -0.3 is 0 Å². The summed E-state index contributed by atoms with van der Waals surface area (Å²) < 4.78 is 28.8. The Balaban J connectivity index is 1.35. The first kappa shape index (κ1) is 29.5. The van der Waals surface area contributed by atoms with Gasteiger partial charge in [0, 0.05) is 44.3 Å². The van der Waals surface area contributed by atoms with E-state index in [9.17, 15) is 8.42 Å². The maximum Gasteiger partial charge on any atom is 0.207 e. The van der Waals surface area contributed by atoms with Gasteiger partial charge in [-0.3, -0.25) is 4.98 Å². The first-order chi connectivity index (χ1) is 25.1. The molecular weight excluding hydrogens is 645 g/mol. The summed E-state index contributed by atoms with van der Waals surface area (Å²) >= 11 is 0. The molecule has 0 saturated heterocycles. The normalized spacial score (nSPS) is 12.1. The van der Waals surface area contributed by atoms with Crippen LogP contribution in [0.4, 0.5) is 0 Å². The fraction of sp³-hybridized carbons (Fsp3) is 0. The SMILES string of the molecule is O=S(=O)(c1ccccc1)c1c2ccccc2c(-c2cnc3c(c2)c(-c2ccccc2)nc2c4ccccc4c4ccccc4c32)c2ccccc12. The maximum atomic E-state index is 14.4. The zero-order valence-electron chi connectivity index (χ0n) is 27.3. The lowest BCUT2D eigenvalue weighted by atomic mass is 9.90. The molecule has 10 aromatic rings. The lowest BCUT2D eigenvalue weighted by Crippen LogP contribution is -2.05. The lowest BCUT2D eigenvalue weighted by Gasteiger charge is -2.19. The van der Waals surface area contributed by atoms with Crippen LogP contribution in [-0.2, 0) is 9.84 Å². The van der Waals surface area contributed by atoms with Crippen LogP contribution >= 0.6 is 0 Å². The number of pyridine rings is 2. The van der Waals surface area contributed by atoms with Crippen LogP contribution in [0, 0.1) is 0 Å². The molecule has 0 aliphatic rings. The van der Waals surface area contributed by atoms with Crippen molar-refractivity contribution >= 4 is 74.7 Å². The Kier molecular flexibility index (Phi) is 6.54. The van der Waals surface area contributed by atoms with Crippen LogP contribution in [0.5, 0.6) is 0 Å². The highest BCUT2D eigenvalue weighted by atomic mass is 32.2. The lowest BCUT2D eigenvalue weighted by molar-refractivity contribution is 0.597. The predicted octanol–water partition coefficient (Wildman–Crippen LogP) is 11.6. The van der Waals surface area contributed by atoms with Crippen molar-refractivity contribution in [1.82, 2.24) is 9.97 Å². The molecule has 2 heterocycles. The average Bonchev–Trinajstić information content (AvgIpc) is 3.19. The molecule has 2 aromatic heterocycles. The van der Waals surface area contributed by atoms with Gasteiger partial charge in [0.05, 0.1) is 26.5 Å². The average molecular weight is 673 g/mol. The molecule has 0 saturated carbocycles. The van der Waals surface area contributed by atoms with Crippen LogP contribution in [0.2, 0.25) is 0 Å². The second kappa shape index (κ2) is 11.3. The molecule has 0 N–H and O–H groups in total. The standard InChI is InChI=1S/C46H28N2O2S/c49-51(50,31-17-5-2-6-18-31)46-38-25-13-10-22-35(38)41(36-23-11-14-26-39(36)46)30-27-40-43(29-15-3-1-4-16-29)48-45-37-24-12-8-20-33(37)32-19-7-9-21-34(32)42(45)44(40)47-28-30/h1-28H. The summed E-state index contributed by atoms with van der Waals surface area (Å²) in [4.78, 5) is 11.4. The number of rotatable bonds is 4. The first-order valence-electron chi connectivity index (χ1n) is 16.9. The van der Waals surface area contributed by atoms with Crippen LogP contribution in [-0.4, -0.2) is 18.4 Å². The topological polar surface area (TPSA) is 59.9 Å². The number of fused-ring (bicyclic) bond motifs is 10. The van der Waals surface area contributed by atoms with Gasteiger partial charge in [-0.15, -0.1) is 0 Å². The minimum absolute atomic E-state index is 0.269. The van der Waals surface area contributed by atoms with Crippen molar-refractivity contribution in [3.8, 4) is 22.4 Å². The Labute approximate surface area is 294 Å². The maximum absolute atomic E-state index is 14.4. The highest BCUT2D eigenvalue weighted by molar-refractivity contribution is 7.92. The summed E-state index contributed by atoms with van der Waals surface area (Å²) in [6.45, 7) is 0. The van der Waals surface area contributed by atoms with Crippen LogP contribution < -0.4 is 0 Å². The zero-order valence-corrected chi connectivity index (χ0v) is 28.1.